The lowest BCUT2D eigenvalue weighted by Crippen LogP contribution is -2.08. The predicted molar refractivity (Wildman–Crippen MR) is 85.8 cm³/mol. The first-order valence-corrected chi connectivity index (χ1v) is 8.32. The van der Waals surface area contributed by atoms with Crippen molar-refractivity contribution in [3.05, 3.63) is 27.9 Å². The average molecular weight is 308 g/mol. The Kier molecular flexibility index (Phi) is 3.94. The zero-order valence-electron chi connectivity index (χ0n) is 11.7. The molecule has 0 spiro atoms. The quantitative estimate of drug-likeness (QED) is 0.856. The molecule has 0 atom stereocenters. The molecule has 1 saturated carbocycles. The van der Waals surface area contributed by atoms with E-state index in [0.29, 0.717) is 5.92 Å². The Morgan fingerprint density at radius 1 is 1.40 bits per heavy atom. The lowest BCUT2D eigenvalue weighted by Gasteiger charge is -2.13. The molecular weight excluding hydrogens is 290 g/mol. The van der Waals surface area contributed by atoms with Gasteiger partial charge in [0.15, 0.2) is 0 Å². The number of rotatable bonds is 5. The fourth-order valence-electron chi connectivity index (χ4n) is 2.16. The topological polar surface area (TPSA) is 37.8 Å². The van der Waals surface area contributed by atoms with Crippen molar-refractivity contribution in [2.24, 2.45) is 0 Å². The third kappa shape index (κ3) is 2.67. The highest BCUT2D eigenvalue weighted by Crippen LogP contribution is 2.42. The second kappa shape index (κ2) is 5.70. The van der Waals surface area contributed by atoms with Gasteiger partial charge < -0.3 is 5.32 Å². The van der Waals surface area contributed by atoms with Gasteiger partial charge in [0.2, 0.25) is 0 Å². The minimum Gasteiger partial charge on any atom is -0.370 e. The molecule has 2 aromatic heterocycles. The summed E-state index contributed by atoms with van der Waals surface area (Å²) in [6.45, 7) is 5.15. The molecule has 3 rings (SSSR count). The van der Waals surface area contributed by atoms with Gasteiger partial charge in [0.05, 0.1) is 15.6 Å². The molecule has 1 aliphatic rings. The van der Waals surface area contributed by atoms with Crippen LogP contribution < -0.4 is 5.32 Å². The predicted octanol–water partition coefficient (Wildman–Crippen LogP) is 4.87. The number of aromatic nitrogens is 2. The van der Waals surface area contributed by atoms with Gasteiger partial charge in [0.1, 0.15) is 11.6 Å². The second-order valence-corrected chi connectivity index (χ2v) is 6.53. The van der Waals surface area contributed by atoms with Crippen LogP contribution in [0.1, 0.15) is 43.5 Å². The molecule has 1 aliphatic carbocycles. The zero-order valence-corrected chi connectivity index (χ0v) is 13.3. The van der Waals surface area contributed by atoms with E-state index >= 15 is 0 Å². The average Bonchev–Trinajstić information content (AvgIpc) is 3.20. The summed E-state index contributed by atoms with van der Waals surface area (Å²) in [5, 5.41) is 6.20. The van der Waals surface area contributed by atoms with Crippen molar-refractivity contribution >= 4 is 28.8 Å². The summed E-state index contributed by atoms with van der Waals surface area (Å²) >= 11 is 7.92. The minimum atomic E-state index is 0.537. The number of hydrogen-bond donors (Lipinski definition) is 1. The van der Waals surface area contributed by atoms with E-state index in [-0.39, 0.29) is 0 Å². The molecule has 0 aromatic carbocycles. The summed E-state index contributed by atoms with van der Waals surface area (Å²) in [5.41, 5.74) is 2.08. The molecule has 1 fully saturated rings. The van der Waals surface area contributed by atoms with Gasteiger partial charge >= 0.3 is 0 Å². The third-order valence-electron chi connectivity index (χ3n) is 3.48. The number of thiophene rings is 1. The van der Waals surface area contributed by atoms with Gasteiger partial charge in [-0.05, 0) is 37.6 Å². The highest BCUT2D eigenvalue weighted by atomic mass is 35.5. The van der Waals surface area contributed by atoms with Gasteiger partial charge in [-0.3, -0.25) is 0 Å². The van der Waals surface area contributed by atoms with Crippen LogP contribution in [-0.2, 0) is 0 Å². The summed E-state index contributed by atoms with van der Waals surface area (Å²) < 4.78 is 0. The van der Waals surface area contributed by atoms with Gasteiger partial charge in [-0.15, -0.1) is 11.3 Å². The van der Waals surface area contributed by atoms with Crippen molar-refractivity contribution in [2.75, 3.05) is 11.9 Å². The Labute approximate surface area is 128 Å². The first-order chi connectivity index (χ1) is 9.70. The van der Waals surface area contributed by atoms with Gasteiger partial charge in [0.25, 0.3) is 0 Å². The maximum atomic E-state index is 6.28. The maximum absolute atomic E-state index is 6.28. The van der Waals surface area contributed by atoms with Gasteiger partial charge in [0, 0.05) is 18.0 Å². The van der Waals surface area contributed by atoms with Crippen molar-refractivity contribution in [1.82, 2.24) is 9.97 Å². The lowest BCUT2D eigenvalue weighted by atomic mass is 10.2. The van der Waals surface area contributed by atoms with Crippen LogP contribution in [0.3, 0.4) is 0 Å². The van der Waals surface area contributed by atoms with Gasteiger partial charge in [-0.25, -0.2) is 9.97 Å². The number of nitrogens with one attached hydrogen (secondary N) is 1. The smallest absolute Gasteiger partial charge is 0.134 e. The highest BCUT2D eigenvalue weighted by Gasteiger charge is 2.28. The molecule has 0 saturated heterocycles. The van der Waals surface area contributed by atoms with E-state index in [1.54, 1.807) is 11.3 Å². The SMILES string of the molecule is CCCNc1nc(C2CC2)nc(-c2sccc2Cl)c1C. The summed E-state index contributed by atoms with van der Waals surface area (Å²) in [6.07, 6.45) is 3.49. The number of anilines is 1. The Bertz CT molecular complexity index is 620. The van der Waals surface area contributed by atoms with E-state index in [4.69, 9.17) is 21.6 Å². The molecule has 106 valence electrons. The molecule has 5 heteroatoms. The van der Waals surface area contributed by atoms with Crippen LogP contribution in [0.2, 0.25) is 5.02 Å². The lowest BCUT2D eigenvalue weighted by molar-refractivity contribution is 0.903. The van der Waals surface area contributed by atoms with Crippen LogP contribution in [0.15, 0.2) is 11.4 Å². The standard InChI is InChI=1S/C15H18ClN3S/c1-3-7-17-14-9(2)12(13-11(16)6-8-20-13)18-15(19-14)10-4-5-10/h6,8,10H,3-5,7H2,1-2H3,(H,17,18,19). The molecule has 0 radical (unpaired) electrons. The number of halogens is 1. The molecule has 3 nitrogen and oxygen atoms in total. The molecule has 2 aromatic rings. The maximum Gasteiger partial charge on any atom is 0.134 e. The van der Waals surface area contributed by atoms with E-state index in [2.05, 4.69) is 19.2 Å². The van der Waals surface area contributed by atoms with E-state index in [1.807, 2.05) is 11.4 Å². The van der Waals surface area contributed by atoms with Crippen LogP contribution in [0.4, 0.5) is 5.82 Å². The normalized spacial score (nSPS) is 14.6. The van der Waals surface area contributed by atoms with E-state index in [0.717, 1.165) is 45.8 Å². The third-order valence-corrected chi connectivity index (χ3v) is 4.83. The number of hydrogen-bond acceptors (Lipinski definition) is 4. The van der Waals surface area contributed by atoms with Crippen molar-refractivity contribution in [1.29, 1.82) is 0 Å². The second-order valence-electron chi connectivity index (χ2n) is 5.20. The van der Waals surface area contributed by atoms with Crippen LogP contribution in [0.5, 0.6) is 0 Å². The summed E-state index contributed by atoms with van der Waals surface area (Å²) in [6, 6.07) is 1.93. The zero-order chi connectivity index (χ0) is 14.1. The van der Waals surface area contributed by atoms with Crippen molar-refractivity contribution in [2.45, 2.75) is 39.0 Å². The molecule has 2 heterocycles. The highest BCUT2D eigenvalue weighted by molar-refractivity contribution is 7.14. The fourth-order valence-corrected chi connectivity index (χ4v) is 3.35. The Morgan fingerprint density at radius 2 is 2.20 bits per heavy atom. The Balaban J connectivity index is 2.07. The summed E-state index contributed by atoms with van der Waals surface area (Å²) in [4.78, 5) is 10.5. The molecular formula is C15H18ClN3S. The molecule has 0 aliphatic heterocycles. The van der Waals surface area contributed by atoms with Gasteiger partial charge in [-0.2, -0.15) is 0 Å². The van der Waals surface area contributed by atoms with Crippen molar-refractivity contribution < 1.29 is 0 Å². The largest absolute Gasteiger partial charge is 0.370 e. The first kappa shape index (κ1) is 13.8. The Morgan fingerprint density at radius 3 is 2.80 bits per heavy atom. The number of nitrogens with zero attached hydrogens (tertiary/aromatic N) is 2. The van der Waals surface area contributed by atoms with Gasteiger partial charge in [-0.1, -0.05) is 18.5 Å². The van der Waals surface area contributed by atoms with E-state index in [1.165, 1.54) is 12.8 Å². The van der Waals surface area contributed by atoms with Crippen LogP contribution in [-0.4, -0.2) is 16.5 Å². The van der Waals surface area contributed by atoms with Crippen LogP contribution >= 0.6 is 22.9 Å². The molecule has 20 heavy (non-hydrogen) atoms. The van der Waals surface area contributed by atoms with E-state index in [9.17, 15) is 0 Å². The molecule has 0 amide bonds. The molecule has 0 bridgehead atoms. The summed E-state index contributed by atoms with van der Waals surface area (Å²) in [5.74, 6) is 2.46. The Hall–Kier alpha value is -1.13. The van der Waals surface area contributed by atoms with Crippen LogP contribution in [0.25, 0.3) is 10.6 Å². The van der Waals surface area contributed by atoms with Crippen molar-refractivity contribution in [3.63, 3.8) is 0 Å². The first-order valence-electron chi connectivity index (χ1n) is 7.06. The van der Waals surface area contributed by atoms with E-state index < -0.39 is 0 Å². The monoisotopic (exact) mass is 307 g/mol. The summed E-state index contributed by atoms with van der Waals surface area (Å²) in [7, 11) is 0. The molecule has 1 N–H and O–H groups in total. The fraction of sp³-hybridized carbons (Fsp3) is 0.467. The minimum absolute atomic E-state index is 0.537. The van der Waals surface area contributed by atoms with Crippen molar-refractivity contribution in [3.8, 4) is 10.6 Å². The molecule has 0 unspecified atom stereocenters. The van der Waals surface area contributed by atoms with Crippen LogP contribution in [0, 0.1) is 6.92 Å².